The minimum atomic E-state index is -0.425. The Morgan fingerprint density at radius 3 is 2.82 bits per heavy atom. The zero-order chi connectivity index (χ0) is 12.4. The molecule has 2 atom stereocenters. The summed E-state index contributed by atoms with van der Waals surface area (Å²) >= 11 is 3.43. The molecule has 17 heavy (non-hydrogen) atoms. The lowest BCUT2D eigenvalue weighted by Crippen LogP contribution is -2.39. The molecule has 1 aromatic rings. The smallest absolute Gasteiger partial charge is 0.328 e. The van der Waals surface area contributed by atoms with E-state index in [9.17, 15) is 10.1 Å². The highest BCUT2D eigenvalue weighted by Crippen LogP contribution is 2.31. The first kappa shape index (κ1) is 11.8. The van der Waals surface area contributed by atoms with Gasteiger partial charge in [0.25, 0.3) is 0 Å². The Balaban J connectivity index is 2.46. The number of hydrogen-bond acceptors (Lipinski definition) is 2. The zero-order valence-corrected chi connectivity index (χ0v) is 10.7. The lowest BCUT2D eigenvalue weighted by atomic mass is 9.89. The number of carbonyl (C=O) groups excluding carboxylic acids is 1. The van der Waals surface area contributed by atoms with Crippen LogP contribution in [0.25, 0.3) is 0 Å². The summed E-state index contributed by atoms with van der Waals surface area (Å²) in [7, 11) is 0. The van der Waals surface area contributed by atoms with Crippen molar-refractivity contribution in [3.8, 4) is 6.07 Å². The first-order chi connectivity index (χ1) is 8.13. The SMILES string of the molecule is CC1=NC(=O)NC(c2ccccc2Br)C1C#N. The summed E-state index contributed by atoms with van der Waals surface area (Å²) in [6, 6.07) is 8.98. The Hall–Kier alpha value is -1.67. The average Bonchev–Trinajstić information content (AvgIpc) is 2.28. The van der Waals surface area contributed by atoms with Gasteiger partial charge in [0, 0.05) is 10.2 Å². The highest BCUT2D eigenvalue weighted by Gasteiger charge is 2.32. The Labute approximate surface area is 107 Å². The number of nitrogens with one attached hydrogen (secondary N) is 1. The zero-order valence-electron chi connectivity index (χ0n) is 9.14. The van der Waals surface area contributed by atoms with Crippen LogP contribution in [0.3, 0.4) is 0 Å². The van der Waals surface area contributed by atoms with E-state index in [0.29, 0.717) is 5.71 Å². The van der Waals surface area contributed by atoms with Gasteiger partial charge in [-0.25, -0.2) is 9.79 Å². The van der Waals surface area contributed by atoms with Crippen molar-refractivity contribution in [2.24, 2.45) is 10.9 Å². The number of nitriles is 1. The Morgan fingerprint density at radius 1 is 1.47 bits per heavy atom. The second-order valence-corrected chi connectivity index (χ2v) is 4.66. The van der Waals surface area contributed by atoms with Crippen LogP contribution in [0.1, 0.15) is 18.5 Å². The number of amides is 2. The molecule has 2 amide bonds. The molecule has 0 spiro atoms. The van der Waals surface area contributed by atoms with Gasteiger partial charge < -0.3 is 5.32 Å². The molecule has 5 heteroatoms. The molecule has 0 aromatic heterocycles. The van der Waals surface area contributed by atoms with Gasteiger partial charge in [0.1, 0.15) is 5.92 Å². The van der Waals surface area contributed by atoms with E-state index in [0.717, 1.165) is 10.0 Å². The van der Waals surface area contributed by atoms with Crippen molar-refractivity contribution in [1.29, 1.82) is 5.26 Å². The number of hydrogen-bond donors (Lipinski definition) is 1. The van der Waals surface area contributed by atoms with Crippen LogP contribution in [-0.2, 0) is 0 Å². The predicted octanol–water partition coefficient (Wildman–Crippen LogP) is 2.81. The van der Waals surface area contributed by atoms with Crippen molar-refractivity contribution in [3.63, 3.8) is 0 Å². The van der Waals surface area contributed by atoms with Gasteiger partial charge in [-0.1, -0.05) is 34.1 Å². The molecule has 1 aliphatic rings. The Bertz CT molecular complexity index is 533. The summed E-state index contributed by atoms with van der Waals surface area (Å²) in [6.07, 6.45) is 0. The fourth-order valence-electron chi connectivity index (χ4n) is 1.87. The second-order valence-electron chi connectivity index (χ2n) is 3.81. The third-order valence-corrected chi connectivity index (χ3v) is 3.44. The van der Waals surface area contributed by atoms with E-state index in [-0.39, 0.29) is 6.04 Å². The molecule has 1 N–H and O–H groups in total. The fraction of sp³-hybridized carbons (Fsp3) is 0.250. The van der Waals surface area contributed by atoms with Crippen LogP contribution >= 0.6 is 15.9 Å². The van der Waals surface area contributed by atoms with Crippen molar-refractivity contribution in [3.05, 3.63) is 34.3 Å². The minimum Gasteiger partial charge on any atom is -0.328 e. The molecule has 0 aliphatic carbocycles. The molecule has 0 saturated heterocycles. The van der Waals surface area contributed by atoms with E-state index < -0.39 is 11.9 Å². The standard InChI is InChI=1S/C12H10BrN3O/c1-7-9(6-14)11(16-12(17)15-7)8-4-2-3-5-10(8)13/h2-5,9,11H,1H3,(H,16,17). The van der Waals surface area contributed by atoms with Crippen LogP contribution in [0.5, 0.6) is 0 Å². The summed E-state index contributed by atoms with van der Waals surface area (Å²) in [5.74, 6) is -0.425. The van der Waals surface area contributed by atoms with E-state index >= 15 is 0 Å². The van der Waals surface area contributed by atoms with Gasteiger partial charge in [-0.05, 0) is 18.6 Å². The number of rotatable bonds is 1. The molecule has 2 unspecified atom stereocenters. The minimum absolute atomic E-state index is 0.347. The largest absolute Gasteiger partial charge is 0.341 e. The molecular formula is C12H10BrN3O. The van der Waals surface area contributed by atoms with Gasteiger partial charge >= 0.3 is 6.03 Å². The quantitative estimate of drug-likeness (QED) is 0.865. The number of benzene rings is 1. The molecule has 0 radical (unpaired) electrons. The molecule has 0 saturated carbocycles. The van der Waals surface area contributed by atoms with E-state index in [1.54, 1.807) is 6.92 Å². The maximum Gasteiger partial charge on any atom is 0.341 e. The van der Waals surface area contributed by atoms with Crippen LogP contribution in [0.4, 0.5) is 4.79 Å². The molecule has 0 fully saturated rings. The van der Waals surface area contributed by atoms with Crippen LogP contribution in [-0.4, -0.2) is 11.7 Å². The summed E-state index contributed by atoms with van der Waals surface area (Å²) < 4.78 is 0.875. The van der Waals surface area contributed by atoms with E-state index in [1.807, 2.05) is 24.3 Å². The first-order valence-electron chi connectivity index (χ1n) is 5.13. The molecule has 1 aromatic carbocycles. The second kappa shape index (κ2) is 4.68. The molecular weight excluding hydrogens is 282 g/mol. The molecule has 4 nitrogen and oxygen atoms in total. The van der Waals surface area contributed by atoms with Crippen LogP contribution in [0, 0.1) is 17.2 Å². The monoisotopic (exact) mass is 291 g/mol. The molecule has 1 heterocycles. The lowest BCUT2D eigenvalue weighted by molar-refractivity contribution is 0.242. The summed E-state index contributed by atoms with van der Waals surface area (Å²) in [5, 5.41) is 11.9. The maximum absolute atomic E-state index is 11.4. The van der Waals surface area contributed by atoms with Gasteiger partial charge in [0.05, 0.1) is 12.1 Å². The number of aliphatic imine (C=N–C) groups is 1. The highest BCUT2D eigenvalue weighted by atomic mass is 79.9. The van der Waals surface area contributed by atoms with Crippen molar-refractivity contribution < 1.29 is 4.79 Å². The fourth-order valence-corrected chi connectivity index (χ4v) is 2.40. The van der Waals surface area contributed by atoms with E-state index in [4.69, 9.17) is 0 Å². The maximum atomic E-state index is 11.4. The first-order valence-corrected chi connectivity index (χ1v) is 5.92. The van der Waals surface area contributed by atoms with Crippen LogP contribution < -0.4 is 5.32 Å². The van der Waals surface area contributed by atoms with E-state index in [1.165, 1.54) is 0 Å². The topological polar surface area (TPSA) is 65.2 Å². The van der Waals surface area contributed by atoms with Gasteiger partial charge in [-0.3, -0.25) is 0 Å². The Morgan fingerprint density at radius 2 is 2.18 bits per heavy atom. The van der Waals surface area contributed by atoms with Crippen molar-refractivity contribution in [2.45, 2.75) is 13.0 Å². The number of carbonyl (C=O) groups is 1. The van der Waals surface area contributed by atoms with Crippen LogP contribution in [0.2, 0.25) is 0 Å². The molecule has 86 valence electrons. The molecule has 0 bridgehead atoms. The number of urea groups is 1. The molecule has 1 aliphatic heterocycles. The van der Waals surface area contributed by atoms with Gasteiger partial charge in [0.15, 0.2) is 0 Å². The van der Waals surface area contributed by atoms with E-state index in [2.05, 4.69) is 32.3 Å². The normalized spacial score (nSPS) is 23.6. The van der Waals surface area contributed by atoms with Crippen LogP contribution in [0.15, 0.2) is 33.7 Å². The summed E-state index contributed by atoms with van der Waals surface area (Å²) in [5.41, 5.74) is 1.44. The van der Waals surface area contributed by atoms with Crippen molar-refractivity contribution in [2.75, 3.05) is 0 Å². The summed E-state index contributed by atoms with van der Waals surface area (Å²) in [6.45, 7) is 1.70. The van der Waals surface area contributed by atoms with Gasteiger partial charge in [-0.2, -0.15) is 5.26 Å². The third-order valence-electron chi connectivity index (χ3n) is 2.72. The predicted molar refractivity (Wildman–Crippen MR) is 67.6 cm³/mol. The van der Waals surface area contributed by atoms with Crippen molar-refractivity contribution in [1.82, 2.24) is 5.32 Å². The summed E-state index contributed by atoms with van der Waals surface area (Å²) in [4.78, 5) is 15.2. The lowest BCUT2D eigenvalue weighted by Gasteiger charge is -2.27. The van der Waals surface area contributed by atoms with Gasteiger partial charge in [0.2, 0.25) is 0 Å². The number of nitrogens with zero attached hydrogens (tertiary/aromatic N) is 2. The average molecular weight is 292 g/mol. The number of halogens is 1. The third kappa shape index (κ3) is 2.22. The molecule has 2 rings (SSSR count). The van der Waals surface area contributed by atoms with Crippen molar-refractivity contribution >= 4 is 27.7 Å². The highest BCUT2D eigenvalue weighted by molar-refractivity contribution is 9.10. The Kier molecular flexibility index (Phi) is 3.25. The van der Waals surface area contributed by atoms with Gasteiger partial charge in [-0.15, -0.1) is 0 Å².